The molecule has 2 nitrogen and oxygen atoms in total. The fraction of sp³-hybridized carbons (Fsp3) is 0.632. The third-order valence-electron chi connectivity index (χ3n) is 6.38. The molecule has 1 saturated heterocycles. The first-order valence-corrected chi connectivity index (χ1v) is 8.47. The van der Waals surface area contributed by atoms with Gasteiger partial charge in [0.1, 0.15) is 0 Å². The van der Waals surface area contributed by atoms with Gasteiger partial charge in [0.05, 0.1) is 0 Å². The summed E-state index contributed by atoms with van der Waals surface area (Å²) in [6, 6.07) is 7.05. The van der Waals surface area contributed by atoms with Crippen LogP contribution in [0.4, 0.5) is 0 Å². The molecule has 21 heavy (non-hydrogen) atoms. The lowest BCUT2D eigenvalue weighted by molar-refractivity contribution is -0.129. The summed E-state index contributed by atoms with van der Waals surface area (Å²) in [5, 5.41) is 3.32. The minimum Gasteiger partial charge on any atom is -0.351 e. The van der Waals surface area contributed by atoms with Crippen LogP contribution in [0.5, 0.6) is 0 Å². The van der Waals surface area contributed by atoms with Gasteiger partial charge in [0.2, 0.25) is 5.91 Å². The van der Waals surface area contributed by atoms with Gasteiger partial charge in [-0.3, -0.25) is 4.79 Å². The number of benzene rings is 1. The molecule has 1 amide bonds. The Hall–Kier alpha value is -1.31. The Bertz CT molecular complexity index is 593. The van der Waals surface area contributed by atoms with E-state index in [0.717, 1.165) is 31.1 Å². The second-order valence-corrected chi connectivity index (χ2v) is 7.66. The maximum Gasteiger partial charge on any atom is 0.220 e. The molecule has 2 fully saturated rings. The molecule has 4 atom stereocenters. The van der Waals surface area contributed by atoms with Gasteiger partial charge >= 0.3 is 0 Å². The van der Waals surface area contributed by atoms with Gasteiger partial charge in [0.25, 0.3) is 0 Å². The summed E-state index contributed by atoms with van der Waals surface area (Å²) < 4.78 is 0. The maximum atomic E-state index is 11.8. The van der Waals surface area contributed by atoms with Crippen molar-refractivity contribution in [1.82, 2.24) is 5.32 Å². The van der Waals surface area contributed by atoms with E-state index in [-0.39, 0.29) is 11.4 Å². The Morgan fingerprint density at radius 2 is 2.05 bits per heavy atom. The number of hydrogen-bond donors (Lipinski definition) is 1. The molecule has 1 N–H and O–H groups in total. The third kappa shape index (κ3) is 2.03. The number of rotatable bonds is 0. The quantitative estimate of drug-likeness (QED) is 0.772. The first-order valence-electron chi connectivity index (χ1n) is 8.47. The number of nitrogens with one attached hydrogen (secondary N) is 1. The smallest absolute Gasteiger partial charge is 0.220 e. The minimum atomic E-state index is 0.0543. The van der Waals surface area contributed by atoms with E-state index >= 15 is 0 Å². The van der Waals surface area contributed by atoms with Crippen LogP contribution in [0, 0.1) is 18.8 Å². The molecule has 2 heteroatoms. The third-order valence-corrected chi connectivity index (χ3v) is 6.38. The van der Waals surface area contributed by atoms with E-state index < -0.39 is 0 Å². The lowest BCUT2D eigenvalue weighted by Gasteiger charge is -2.54. The van der Waals surface area contributed by atoms with Crippen molar-refractivity contribution in [3.05, 3.63) is 34.9 Å². The van der Waals surface area contributed by atoms with Crippen LogP contribution in [0.1, 0.15) is 61.6 Å². The molecular formula is C19H25NO. The van der Waals surface area contributed by atoms with E-state index in [9.17, 15) is 4.79 Å². The summed E-state index contributed by atoms with van der Waals surface area (Å²) in [6.07, 6.45) is 6.71. The second-order valence-electron chi connectivity index (χ2n) is 7.66. The molecular weight excluding hydrogens is 258 g/mol. The van der Waals surface area contributed by atoms with Crippen molar-refractivity contribution in [2.75, 3.05) is 0 Å². The molecule has 0 bridgehead atoms. The minimum absolute atomic E-state index is 0.0543. The van der Waals surface area contributed by atoms with Crippen LogP contribution in [0.3, 0.4) is 0 Å². The molecule has 2 aliphatic carbocycles. The lowest BCUT2D eigenvalue weighted by Crippen LogP contribution is -2.60. The molecule has 1 aliphatic heterocycles. The Morgan fingerprint density at radius 3 is 2.90 bits per heavy atom. The fourth-order valence-corrected chi connectivity index (χ4v) is 5.39. The normalized spacial score (nSPS) is 38.0. The van der Waals surface area contributed by atoms with Gasteiger partial charge in [-0.05, 0) is 74.8 Å². The average molecular weight is 283 g/mol. The van der Waals surface area contributed by atoms with Crippen LogP contribution >= 0.6 is 0 Å². The first-order chi connectivity index (χ1) is 10.1. The van der Waals surface area contributed by atoms with E-state index in [4.69, 9.17) is 0 Å². The second kappa shape index (κ2) is 4.59. The standard InChI is InChI=1S/C19H25NO/c1-12-3-5-14-13(11-12)4-6-16-15(14)9-10-19(2)17(16)7-8-18(21)20-19/h3,5,11,15-17H,4,6-10H2,1-2H3,(H,20,21)/t15?,16?,17?,19-/m0/s1. The monoisotopic (exact) mass is 283 g/mol. The SMILES string of the molecule is Cc1ccc2c(c1)CCC1C2CC[C@]2(C)NC(=O)CCC12. The van der Waals surface area contributed by atoms with Crippen LogP contribution in [-0.2, 0) is 11.2 Å². The zero-order valence-electron chi connectivity index (χ0n) is 13.1. The summed E-state index contributed by atoms with van der Waals surface area (Å²) in [5.74, 6) is 2.42. The highest BCUT2D eigenvalue weighted by molar-refractivity contribution is 5.77. The van der Waals surface area contributed by atoms with E-state index in [0.29, 0.717) is 5.92 Å². The number of fused-ring (bicyclic) bond motifs is 5. The predicted octanol–water partition coefficient (Wildman–Crippen LogP) is 3.72. The number of carbonyl (C=O) groups is 1. The van der Waals surface area contributed by atoms with E-state index in [1.54, 1.807) is 11.1 Å². The molecule has 3 aliphatic rings. The molecule has 4 rings (SSSR count). The van der Waals surface area contributed by atoms with Crippen LogP contribution in [0.25, 0.3) is 0 Å². The number of carbonyl (C=O) groups excluding carboxylic acids is 1. The van der Waals surface area contributed by atoms with Crippen molar-refractivity contribution < 1.29 is 4.79 Å². The maximum absolute atomic E-state index is 11.8. The molecule has 0 spiro atoms. The lowest BCUT2D eigenvalue weighted by atomic mass is 9.55. The fourth-order valence-electron chi connectivity index (χ4n) is 5.39. The Kier molecular flexibility index (Phi) is 2.92. The predicted molar refractivity (Wildman–Crippen MR) is 84.2 cm³/mol. The molecule has 1 heterocycles. The molecule has 1 aromatic rings. The number of aryl methyl sites for hydroxylation is 2. The van der Waals surface area contributed by atoms with Crippen LogP contribution < -0.4 is 5.32 Å². The Labute approximate surface area is 127 Å². The van der Waals surface area contributed by atoms with Crippen molar-refractivity contribution in [3.8, 4) is 0 Å². The van der Waals surface area contributed by atoms with Gasteiger partial charge in [0.15, 0.2) is 0 Å². The van der Waals surface area contributed by atoms with E-state index in [1.807, 2.05) is 0 Å². The summed E-state index contributed by atoms with van der Waals surface area (Å²) >= 11 is 0. The van der Waals surface area contributed by atoms with Crippen molar-refractivity contribution in [3.63, 3.8) is 0 Å². The number of amides is 1. The van der Waals surface area contributed by atoms with Gasteiger partial charge in [0, 0.05) is 12.0 Å². The van der Waals surface area contributed by atoms with Gasteiger partial charge in [-0.25, -0.2) is 0 Å². The Morgan fingerprint density at radius 1 is 1.19 bits per heavy atom. The molecule has 1 aromatic carbocycles. The van der Waals surface area contributed by atoms with Gasteiger partial charge in [-0.2, -0.15) is 0 Å². The topological polar surface area (TPSA) is 29.1 Å². The molecule has 1 saturated carbocycles. The first kappa shape index (κ1) is 13.4. The average Bonchev–Trinajstić information content (AvgIpc) is 2.45. The zero-order chi connectivity index (χ0) is 14.6. The van der Waals surface area contributed by atoms with Crippen LogP contribution in [0.2, 0.25) is 0 Å². The van der Waals surface area contributed by atoms with Crippen LogP contribution in [0.15, 0.2) is 18.2 Å². The summed E-state index contributed by atoms with van der Waals surface area (Å²) in [7, 11) is 0. The van der Waals surface area contributed by atoms with Gasteiger partial charge < -0.3 is 5.32 Å². The highest BCUT2D eigenvalue weighted by Gasteiger charge is 2.50. The molecule has 3 unspecified atom stereocenters. The Balaban J connectivity index is 1.69. The van der Waals surface area contributed by atoms with E-state index in [1.165, 1.54) is 24.8 Å². The van der Waals surface area contributed by atoms with Crippen molar-refractivity contribution in [1.29, 1.82) is 0 Å². The summed E-state index contributed by atoms with van der Waals surface area (Å²) in [5.41, 5.74) is 4.63. The summed E-state index contributed by atoms with van der Waals surface area (Å²) in [4.78, 5) is 11.8. The number of piperidine rings is 1. The molecule has 0 radical (unpaired) electrons. The highest BCUT2D eigenvalue weighted by Crippen LogP contribution is 2.53. The van der Waals surface area contributed by atoms with Crippen molar-refractivity contribution in [2.45, 2.75) is 63.8 Å². The van der Waals surface area contributed by atoms with Crippen molar-refractivity contribution in [2.24, 2.45) is 11.8 Å². The zero-order valence-corrected chi connectivity index (χ0v) is 13.1. The van der Waals surface area contributed by atoms with Crippen molar-refractivity contribution >= 4 is 5.91 Å². The van der Waals surface area contributed by atoms with Gasteiger partial charge in [-0.15, -0.1) is 0 Å². The largest absolute Gasteiger partial charge is 0.351 e. The number of hydrogen-bond acceptors (Lipinski definition) is 1. The molecule has 112 valence electrons. The van der Waals surface area contributed by atoms with Crippen LogP contribution in [-0.4, -0.2) is 11.4 Å². The highest BCUT2D eigenvalue weighted by atomic mass is 16.1. The van der Waals surface area contributed by atoms with Gasteiger partial charge in [-0.1, -0.05) is 23.8 Å². The summed E-state index contributed by atoms with van der Waals surface area (Å²) in [6.45, 7) is 4.48. The van der Waals surface area contributed by atoms with E-state index in [2.05, 4.69) is 37.4 Å². The molecule has 0 aromatic heterocycles.